The predicted molar refractivity (Wildman–Crippen MR) is 127 cm³/mol. The average molecular weight is 459 g/mol. The lowest BCUT2D eigenvalue weighted by Gasteiger charge is -2.11. The van der Waals surface area contributed by atoms with E-state index >= 15 is 0 Å². The summed E-state index contributed by atoms with van der Waals surface area (Å²) in [6.07, 6.45) is 7.69. The second kappa shape index (κ2) is 7.92. The third-order valence-electron chi connectivity index (χ3n) is 5.52. The summed E-state index contributed by atoms with van der Waals surface area (Å²) in [7, 11) is 0. The fourth-order valence-corrected chi connectivity index (χ4v) is 6.06. The number of aromatic nitrogens is 5. The molecule has 7 nitrogen and oxygen atoms in total. The highest BCUT2D eigenvalue weighted by atomic mass is 32.1. The van der Waals surface area contributed by atoms with Crippen LogP contribution in [0.15, 0.2) is 48.1 Å². The van der Waals surface area contributed by atoms with E-state index in [4.69, 9.17) is 4.98 Å². The van der Waals surface area contributed by atoms with Crippen LogP contribution in [0.5, 0.6) is 0 Å². The number of thiazole rings is 1. The molecule has 5 aromatic rings. The van der Waals surface area contributed by atoms with Gasteiger partial charge in [0.25, 0.3) is 5.91 Å². The number of thiophene rings is 1. The molecule has 0 fully saturated rings. The van der Waals surface area contributed by atoms with Gasteiger partial charge in [0.1, 0.15) is 16.5 Å². The first-order valence-electron chi connectivity index (χ1n) is 10.4. The van der Waals surface area contributed by atoms with Crippen molar-refractivity contribution in [2.45, 2.75) is 25.7 Å². The molecule has 1 amide bonds. The molecule has 158 valence electrons. The minimum atomic E-state index is -0.237. The van der Waals surface area contributed by atoms with Crippen molar-refractivity contribution in [3.8, 4) is 22.2 Å². The number of H-pyrrole nitrogens is 1. The Morgan fingerprint density at radius 2 is 1.88 bits per heavy atom. The van der Waals surface area contributed by atoms with Crippen LogP contribution in [0.25, 0.3) is 33.3 Å². The molecular weight excluding hydrogens is 440 g/mol. The lowest BCUT2D eigenvalue weighted by molar-refractivity contribution is 0.102. The van der Waals surface area contributed by atoms with Gasteiger partial charge in [0, 0.05) is 22.7 Å². The zero-order valence-corrected chi connectivity index (χ0v) is 18.6. The number of fused-ring (bicyclic) bond motifs is 2. The van der Waals surface area contributed by atoms with Crippen LogP contribution in [-0.2, 0) is 12.8 Å². The van der Waals surface area contributed by atoms with Gasteiger partial charge in [-0.3, -0.25) is 4.79 Å². The van der Waals surface area contributed by atoms with E-state index in [1.54, 1.807) is 35.2 Å². The zero-order chi connectivity index (χ0) is 21.5. The molecule has 0 radical (unpaired) electrons. The number of aryl methyl sites for hydroxylation is 1. The van der Waals surface area contributed by atoms with Gasteiger partial charge in [-0.1, -0.05) is 12.1 Å². The first-order chi connectivity index (χ1) is 15.8. The van der Waals surface area contributed by atoms with Crippen molar-refractivity contribution >= 4 is 44.6 Å². The smallest absolute Gasteiger partial charge is 0.275 e. The van der Waals surface area contributed by atoms with Crippen molar-refractivity contribution in [1.82, 2.24) is 24.9 Å². The van der Waals surface area contributed by atoms with Crippen LogP contribution < -0.4 is 5.32 Å². The first-order valence-corrected chi connectivity index (χ1v) is 12.1. The first kappa shape index (κ1) is 19.3. The van der Waals surface area contributed by atoms with Crippen molar-refractivity contribution in [3.63, 3.8) is 0 Å². The van der Waals surface area contributed by atoms with E-state index in [0.717, 1.165) is 46.7 Å². The van der Waals surface area contributed by atoms with E-state index in [-0.39, 0.29) is 5.91 Å². The number of carbonyl (C=O) groups excluding carboxylic acids is 1. The molecule has 0 bridgehead atoms. The molecule has 1 aliphatic rings. The second-order valence-electron chi connectivity index (χ2n) is 7.58. The topological polar surface area (TPSA) is 96.5 Å². The molecule has 0 aliphatic heterocycles. The maximum atomic E-state index is 13.1. The standard InChI is InChI=1S/C23H18N6OS2/c30-21(16-12-31-23(28-16)20-24-10-5-11-25-20)29-22-18(13-6-1-4-9-17(13)32-22)19-26-14-7-2-3-8-15(14)27-19/h2-3,5,7-8,10-12H,1,4,6,9H2,(H,26,27)(H,29,30). The molecule has 4 heterocycles. The predicted octanol–water partition coefficient (Wildman–Crippen LogP) is 5.34. The lowest BCUT2D eigenvalue weighted by atomic mass is 9.95. The van der Waals surface area contributed by atoms with Crippen LogP contribution in [-0.4, -0.2) is 30.8 Å². The number of amides is 1. The minimum Gasteiger partial charge on any atom is -0.338 e. The van der Waals surface area contributed by atoms with Gasteiger partial charge in [0.15, 0.2) is 10.8 Å². The Hall–Kier alpha value is -3.43. The van der Waals surface area contributed by atoms with Gasteiger partial charge in [0.05, 0.1) is 16.6 Å². The van der Waals surface area contributed by atoms with Crippen LogP contribution in [0.3, 0.4) is 0 Å². The van der Waals surface area contributed by atoms with Gasteiger partial charge in [0.2, 0.25) is 0 Å². The molecule has 6 rings (SSSR count). The van der Waals surface area contributed by atoms with Gasteiger partial charge in [-0.2, -0.15) is 0 Å². The summed E-state index contributed by atoms with van der Waals surface area (Å²) in [5, 5.41) is 6.31. The highest BCUT2D eigenvalue weighted by molar-refractivity contribution is 7.17. The highest BCUT2D eigenvalue weighted by Crippen LogP contribution is 2.44. The highest BCUT2D eigenvalue weighted by Gasteiger charge is 2.26. The number of hydrogen-bond donors (Lipinski definition) is 2. The summed E-state index contributed by atoms with van der Waals surface area (Å²) in [5.74, 6) is 1.09. The van der Waals surface area contributed by atoms with Crippen molar-refractivity contribution in [2.75, 3.05) is 5.32 Å². The Labute approximate surface area is 191 Å². The fourth-order valence-electron chi connectivity index (χ4n) is 4.03. The number of benzene rings is 1. The number of nitrogens with one attached hydrogen (secondary N) is 2. The third kappa shape index (κ3) is 3.39. The van der Waals surface area contributed by atoms with E-state index in [9.17, 15) is 4.79 Å². The zero-order valence-electron chi connectivity index (χ0n) is 17.0. The molecule has 0 saturated carbocycles. The monoisotopic (exact) mass is 458 g/mol. The van der Waals surface area contributed by atoms with Gasteiger partial charge in [-0.15, -0.1) is 22.7 Å². The van der Waals surface area contributed by atoms with Crippen LogP contribution in [0.2, 0.25) is 0 Å². The normalized spacial score (nSPS) is 13.2. The molecule has 9 heteroatoms. The van der Waals surface area contributed by atoms with Crippen molar-refractivity contribution < 1.29 is 4.79 Å². The minimum absolute atomic E-state index is 0.237. The van der Waals surface area contributed by atoms with Crippen molar-refractivity contribution in [3.05, 3.63) is 64.2 Å². The number of anilines is 1. The number of aromatic amines is 1. The third-order valence-corrected chi connectivity index (χ3v) is 7.56. The van der Waals surface area contributed by atoms with Crippen LogP contribution >= 0.6 is 22.7 Å². The summed E-state index contributed by atoms with van der Waals surface area (Å²) in [6, 6.07) is 9.74. The Balaban J connectivity index is 1.37. The Morgan fingerprint density at radius 3 is 2.75 bits per heavy atom. The van der Waals surface area contributed by atoms with Gasteiger partial charge in [-0.25, -0.2) is 19.9 Å². The largest absolute Gasteiger partial charge is 0.338 e. The number of carbonyl (C=O) groups is 1. The van der Waals surface area contributed by atoms with Crippen LogP contribution in [0, 0.1) is 0 Å². The summed E-state index contributed by atoms with van der Waals surface area (Å²) in [4.78, 5) is 35.6. The molecule has 0 atom stereocenters. The number of imidazole rings is 1. The Kier molecular flexibility index (Phi) is 4.77. The summed E-state index contributed by atoms with van der Waals surface area (Å²) in [5.41, 5.74) is 4.58. The lowest BCUT2D eigenvalue weighted by Crippen LogP contribution is -2.12. The summed E-state index contributed by atoms with van der Waals surface area (Å²) < 4.78 is 0. The molecule has 1 aromatic carbocycles. The van der Waals surface area contributed by atoms with E-state index in [2.05, 4.69) is 25.3 Å². The van der Waals surface area contributed by atoms with E-state index in [1.165, 1.54) is 28.2 Å². The molecule has 32 heavy (non-hydrogen) atoms. The maximum Gasteiger partial charge on any atom is 0.275 e. The molecule has 4 aromatic heterocycles. The summed E-state index contributed by atoms with van der Waals surface area (Å²) >= 11 is 3.01. The Bertz CT molecular complexity index is 1400. The second-order valence-corrected chi connectivity index (χ2v) is 9.55. The van der Waals surface area contributed by atoms with E-state index in [0.29, 0.717) is 16.5 Å². The van der Waals surface area contributed by atoms with Crippen LogP contribution in [0.1, 0.15) is 33.8 Å². The van der Waals surface area contributed by atoms with Gasteiger partial charge >= 0.3 is 0 Å². The molecule has 1 aliphatic carbocycles. The fraction of sp³-hybridized carbons (Fsp3) is 0.174. The quantitative estimate of drug-likeness (QED) is 0.379. The number of para-hydroxylation sites is 2. The number of nitrogens with zero attached hydrogens (tertiary/aromatic N) is 4. The van der Waals surface area contributed by atoms with Gasteiger partial charge < -0.3 is 10.3 Å². The number of hydrogen-bond acceptors (Lipinski definition) is 7. The SMILES string of the molecule is O=C(Nc1sc2c(c1-c1nc3ccccc3[nH]1)CCCC2)c1csc(-c2ncccn2)n1. The average Bonchev–Trinajstić information content (AvgIpc) is 3.55. The molecule has 2 N–H and O–H groups in total. The van der Waals surface area contributed by atoms with E-state index in [1.807, 2.05) is 24.3 Å². The number of rotatable bonds is 4. The van der Waals surface area contributed by atoms with Crippen molar-refractivity contribution in [1.29, 1.82) is 0 Å². The molecule has 0 spiro atoms. The molecular formula is C23H18N6OS2. The van der Waals surface area contributed by atoms with Crippen LogP contribution in [0.4, 0.5) is 5.00 Å². The van der Waals surface area contributed by atoms with Crippen molar-refractivity contribution in [2.24, 2.45) is 0 Å². The Morgan fingerprint density at radius 1 is 1.03 bits per heavy atom. The molecule has 0 unspecified atom stereocenters. The van der Waals surface area contributed by atoms with E-state index < -0.39 is 0 Å². The van der Waals surface area contributed by atoms with Gasteiger partial charge in [-0.05, 0) is 49.4 Å². The maximum absolute atomic E-state index is 13.1. The summed E-state index contributed by atoms with van der Waals surface area (Å²) in [6.45, 7) is 0. The molecule has 0 saturated heterocycles.